The van der Waals surface area contributed by atoms with Gasteiger partial charge in [-0.05, 0) is 72.5 Å². The van der Waals surface area contributed by atoms with Gasteiger partial charge >= 0.3 is 0 Å². The number of hydrogen-bond donors (Lipinski definition) is 0. The molecule has 0 bridgehead atoms. The largest absolute Gasteiger partial charge is 0.323 e. The van der Waals surface area contributed by atoms with Crippen molar-refractivity contribution < 1.29 is 9.18 Å². The van der Waals surface area contributed by atoms with Crippen LogP contribution >= 0.6 is 15.9 Å². The van der Waals surface area contributed by atoms with Crippen LogP contribution in [0.3, 0.4) is 0 Å². The van der Waals surface area contributed by atoms with Gasteiger partial charge < -0.3 is 4.90 Å². The molecule has 0 aliphatic carbocycles. The lowest BCUT2D eigenvalue weighted by Gasteiger charge is -2.40. The standard InChI is InChI=1S/C21H21BrFNO/c1-13-14(2)24(20(25)19(13)15-8-6-5-7-9-15)21(3,4)16-10-11-18(23)17(22)12-16/h5-12,14H,1-4H3. The first-order valence-corrected chi connectivity index (χ1v) is 9.10. The Morgan fingerprint density at radius 1 is 1.12 bits per heavy atom. The van der Waals surface area contributed by atoms with Crippen molar-refractivity contribution in [3.63, 3.8) is 0 Å². The molecule has 2 nitrogen and oxygen atoms in total. The van der Waals surface area contributed by atoms with Crippen LogP contribution in [0.2, 0.25) is 0 Å². The first-order chi connectivity index (χ1) is 11.7. The van der Waals surface area contributed by atoms with E-state index in [-0.39, 0.29) is 17.8 Å². The monoisotopic (exact) mass is 401 g/mol. The molecular formula is C21H21BrFNO. The maximum Gasteiger partial charge on any atom is 0.255 e. The molecule has 0 saturated carbocycles. The second-order valence-electron chi connectivity index (χ2n) is 6.96. The summed E-state index contributed by atoms with van der Waals surface area (Å²) in [6, 6.07) is 14.7. The van der Waals surface area contributed by atoms with Gasteiger partial charge in [0.05, 0.1) is 16.1 Å². The van der Waals surface area contributed by atoms with E-state index in [4.69, 9.17) is 0 Å². The molecule has 0 radical (unpaired) electrons. The number of amides is 1. The summed E-state index contributed by atoms with van der Waals surface area (Å²) in [6.45, 7) is 8.07. The van der Waals surface area contributed by atoms with E-state index in [0.717, 1.165) is 22.3 Å². The van der Waals surface area contributed by atoms with Crippen LogP contribution in [0.1, 0.15) is 38.8 Å². The molecule has 1 atom stereocenters. The van der Waals surface area contributed by atoms with E-state index < -0.39 is 5.54 Å². The minimum absolute atomic E-state index is 0.0154. The Kier molecular flexibility index (Phi) is 4.58. The molecule has 1 aliphatic heterocycles. The van der Waals surface area contributed by atoms with Gasteiger partial charge in [0.25, 0.3) is 5.91 Å². The van der Waals surface area contributed by atoms with Gasteiger partial charge in [-0.1, -0.05) is 36.4 Å². The first kappa shape index (κ1) is 17.9. The molecule has 2 aromatic rings. The number of rotatable bonds is 3. The van der Waals surface area contributed by atoms with Crippen molar-refractivity contribution in [3.8, 4) is 0 Å². The Morgan fingerprint density at radius 2 is 1.76 bits per heavy atom. The third-order valence-corrected chi connectivity index (χ3v) is 5.74. The molecule has 2 aromatic carbocycles. The van der Waals surface area contributed by atoms with Crippen molar-refractivity contribution in [2.45, 2.75) is 39.3 Å². The fourth-order valence-electron chi connectivity index (χ4n) is 3.58. The molecular weight excluding hydrogens is 381 g/mol. The summed E-state index contributed by atoms with van der Waals surface area (Å²) < 4.78 is 14.0. The van der Waals surface area contributed by atoms with Crippen molar-refractivity contribution >= 4 is 27.4 Å². The van der Waals surface area contributed by atoms with Gasteiger partial charge in [-0.2, -0.15) is 0 Å². The van der Waals surface area contributed by atoms with Gasteiger partial charge in [-0.15, -0.1) is 0 Å². The Bertz CT molecular complexity index is 857. The van der Waals surface area contributed by atoms with Crippen LogP contribution in [0, 0.1) is 5.82 Å². The molecule has 4 heteroatoms. The molecule has 0 fully saturated rings. The lowest BCUT2D eigenvalue weighted by molar-refractivity contribution is -0.130. The molecule has 1 heterocycles. The number of hydrogen-bond acceptors (Lipinski definition) is 1. The summed E-state index contributed by atoms with van der Waals surface area (Å²) in [5.74, 6) is -0.290. The van der Waals surface area contributed by atoms with Crippen LogP contribution in [-0.2, 0) is 10.3 Å². The molecule has 0 aromatic heterocycles. The predicted octanol–water partition coefficient (Wildman–Crippen LogP) is 5.53. The van der Waals surface area contributed by atoms with E-state index in [1.807, 2.05) is 62.9 Å². The van der Waals surface area contributed by atoms with E-state index in [1.54, 1.807) is 12.1 Å². The van der Waals surface area contributed by atoms with Crippen molar-refractivity contribution in [1.29, 1.82) is 0 Å². The first-order valence-electron chi connectivity index (χ1n) is 8.30. The number of nitrogens with zero attached hydrogens (tertiary/aromatic N) is 1. The van der Waals surface area contributed by atoms with E-state index >= 15 is 0 Å². The molecule has 0 spiro atoms. The zero-order chi connectivity index (χ0) is 18.4. The maximum atomic E-state index is 13.6. The van der Waals surface area contributed by atoms with Crippen molar-refractivity contribution in [1.82, 2.24) is 4.90 Å². The number of benzene rings is 2. The second-order valence-corrected chi connectivity index (χ2v) is 7.82. The normalized spacial score (nSPS) is 18.2. The summed E-state index contributed by atoms with van der Waals surface area (Å²) in [5.41, 5.74) is 3.09. The van der Waals surface area contributed by atoms with Crippen LogP contribution in [0.25, 0.3) is 5.57 Å². The Balaban J connectivity index is 2.04. The fourth-order valence-corrected chi connectivity index (χ4v) is 3.96. The van der Waals surface area contributed by atoms with Gasteiger partial charge in [0.1, 0.15) is 5.82 Å². The van der Waals surface area contributed by atoms with Crippen LogP contribution < -0.4 is 0 Å². The van der Waals surface area contributed by atoms with E-state index in [0.29, 0.717) is 4.47 Å². The van der Waals surface area contributed by atoms with Gasteiger partial charge in [0.2, 0.25) is 0 Å². The van der Waals surface area contributed by atoms with Gasteiger partial charge in [0, 0.05) is 5.57 Å². The predicted molar refractivity (Wildman–Crippen MR) is 102 cm³/mol. The van der Waals surface area contributed by atoms with E-state index in [1.165, 1.54) is 6.07 Å². The lowest BCUT2D eigenvalue weighted by atomic mass is 9.91. The highest BCUT2D eigenvalue weighted by molar-refractivity contribution is 9.10. The van der Waals surface area contributed by atoms with E-state index in [9.17, 15) is 9.18 Å². The average molecular weight is 402 g/mol. The maximum absolute atomic E-state index is 13.6. The SMILES string of the molecule is CC1=C(c2ccccc2)C(=O)N(C(C)(C)c2ccc(F)c(Br)c2)C1C. The second kappa shape index (κ2) is 6.41. The van der Waals surface area contributed by atoms with Crippen molar-refractivity contribution in [2.75, 3.05) is 0 Å². The molecule has 3 rings (SSSR count). The zero-order valence-corrected chi connectivity index (χ0v) is 16.4. The van der Waals surface area contributed by atoms with Crippen LogP contribution in [0.4, 0.5) is 4.39 Å². The quantitative estimate of drug-likeness (QED) is 0.661. The number of halogens is 2. The summed E-state index contributed by atoms with van der Waals surface area (Å²) in [7, 11) is 0. The smallest absolute Gasteiger partial charge is 0.255 e. The molecule has 130 valence electrons. The topological polar surface area (TPSA) is 20.3 Å². The van der Waals surface area contributed by atoms with Gasteiger partial charge in [-0.25, -0.2) is 4.39 Å². The molecule has 1 aliphatic rings. The molecule has 25 heavy (non-hydrogen) atoms. The van der Waals surface area contributed by atoms with Crippen LogP contribution in [-0.4, -0.2) is 16.8 Å². The lowest BCUT2D eigenvalue weighted by Crippen LogP contribution is -2.47. The molecule has 0 saturated heterocycles. The van der Waals surface area contributed by atoms with Crippen molar-refractivity contribution in [3.05, 3.63) is 75.5 Å². The number of carbonyl (C=O) groups is 1. The van der Waals surface area contributed by atoms with Gasteiger partial charge in [0.15, 0.2) is 0 Å². The summed E-state index contributed by atoms with van der Waals surface area (Å²) >= 11 is 3.25. The Morgan fingerprint density at radius 3 is 2.36 bits per heavy atom. The Hall–Kier alpha value is -1.94. The molecule has 1 amide bonds. The summed E-state index contributed by atoms with van der Waals surface area (Å²) in [4.78, 5) is 15.2. The average Bonchev–Trinajstić information content (AvgIpc) is 2.80. The summed E-state index contributed by atoms with van der Waals surface area (Å²) in [6.07, 6.45) is 0. The van der Waals surface area contributed by atoms with Crippen molar-refractivity contribution in [2.24, 2.45) is 0 Å². The highest BCUT2D eigenvalue weighted by Crippen LogP contribution is 2.41. The molecule has 1 unspecified atom stereocenters. The zero-order valence-electron chi connectivity index (χ0n) is 14.8. The number of carbonyl (C=O) groups excluding carboxylic acids is 1. The van der Waals surface area contributed by atoms with Crippen LogP contribution in [0.5, 0.6) is 0 Å². The molecule has 0 N–H and O–H groups in total. The van der Waals surface area contributed by atoms with E-state index in [2.05, 4.69) is 15.9 Å². The third-order valence-electron chi connectivity index (χ3n) is 5.13. The highest BCUT2D eigenvalue weighted by Gasteiger charge is 2.43. The summed E-state index contributed by atoms with van der Waals surface area (Å²) in [5, 5.41) is 0. The fraction of sp³-hybridized carbons (Fsp3) is 0.286. The van der Waals surface area contributed by atoms with Gasteiger partial charge in [-0.3, -0.25) is 4.79 Å². The third kappa shape index (κ3) is 2.93. The Labute approximate surface area is 156 Å². The van der Waals surface area contributed by atoms with Crippen LogP contribution in [0.15, 0.2) is 58.6 Å². The minimum atomic E-state index is -0.565. The highest BCUT2D eigenvalue weighted by atomic mass is 79.9. The minimum Gasteiger partial charge on any atom is -0.323 e.